The van der Waals surface area contributed by atoms with Gasteiger partial charge in [-0.25, -0.2) is 0 Å². The van der Waals surface area contributed by atoms with E-state index < -0.39 is 0 Å². The predicted octanol–water partition coefficient (Wildman–Crippen LogP) is 4.25. The van der Waals surface area contributed by atoms with E-state index in [2.05, 4.69) is 41.7 Å². The molecule has 18 heavy (non-hydrogen) atoms. The van der Waals surface area contributed by atoms with Crippen molar-refractivity contribution in [2.45, 2.75) is 35.3 Å². The maximum atomic E-state index is 5.93. The standard InChI is InChI=1S/C15H17NOS/c1-2-6-12(7-3-1)18-15-10-9-14(17-15)13-8-4-5-11-16-13/h1-3,6-7,9-10,13,16H,4-5,8,11H2/t13-/m1/s1. The number of nitrogens with one attached hydrogen (secondary N) is 1. The van der Waals surface area contributed by atoms with E-state index in [1.807, 2.05) is 6.07 Å². The Morgan fingerprint density at radius 1 is 1.06 bits per heavy atom. The summed E-state index contributed by atoms with van der Waals surface area (Å²) in [6.45, 7) is 1.10. The average molecular weight is 259 g/mol. The summed E-state index contributed by atoms with van der Waals surface area (Å²) >= 11 is 1.68. The summed E-state index contributed by atoms with van der Waals surface area (Å²) in [6, 6.07) is 14.9. The lowest BCUT2D eigenvalue weighted by Gasteiger charge is -2.21. The van der Waals surface area contributed by atoms with Crippen LogP contribution in [-0.2, 0) is 0 Å². The zero-order valence-corrected chi connectivity index (χ0v) is 11.1. The largest absolute Gasteiger partial charge is 0.453 e. The van der Waals surface area contributed by atoms with Crippen LogP contribution in [-0.4, -0.2) is 6.54 Å². The minimum Gasteiger partial charge on any atom is -0.453 e. The second-order valence-corrected chi connectivity index (χ2v) is 5.65. The Balaban J connectivity index is 1.69. The first kappa shape index (κ1) is 11.9. The molecule has 1 saturated heterocycles. The van der Waals surface area contributed by atoms with Crippen LogP contribution in [0.15, 0.2) is 56.9 Å². The second-order valence-electron chi connectivity index (χ2n) is 4.57. The third kappa shape index (κ3) is 2.79. The Bertz CT molecular complexity index is 488. The van der Waals surface area contributed by atoms with E-state index in [1.54, 1.807) is 11.8 Å². The van der Waals surface area contributed by atoms with Gasteiger partial charge in [-0.05, 0) is 43.7 Å². The number of hydrogen-bond acceptors (Lipinski definition) is 3. The molecular weight excluding hydrogens is 242 g/mol. The molecule has 0 aliphatic carbocycles. The Kier molecular flexibility index (Phi) is 3.72. The lowest BCUT2D eigenvalue weighted by atomic mass is 10.0. The first-order valence-corrected chi connectivity index (χ1v) is 7.29. The summed E-state index contributed by atoms with van der Waals surface area (Å²) in [5.41, 5.74) is 0. The van der Waals surface area contributed by atoms with Crippen LogP contribution in [0, 0.1) is 0 Å². The van der Waals surface area contributed by atoms with Crippen LogP contribution in [0.3, 0.4) is 0 Å². The van der Waals surface area contributed by atoms with Crippen LogP contribution in [0.2, 0.25) is 0 Å². The number of benzene rings is 1. The Morgan fingerprint density at radius 2 is 1.94 bits per heavy atom. The van der Waals surface area contributed by atoms with E-state index in [0.717, 1.165) is 17.4 Å². The average Bonchev–Trinajstić information content (AvgIpc) is 2.89. The van der Waals surface area contributed by atoms with Gasteiger partial charge in [0.25, 0.3) is 0 Å². The molecule has 94 valence electrons. The Labute approximate surface area is 112 Å². The molecule has 2 heterocycles. The maximum absolute atomic E-state index is 5.93. The van der Waals surface area contributed by atoms with E-state index in [0.29, 0.717) is 6.04 Å². The molecule has 1 N–H and O–H groups in total. The van der Waals surface area contributed by atoms with E-state index in [4.69, 9.17) is 4.42 Å². The molecule has 0 unspecified atom stereocenters. The highest BCUT2D eigenvalue weighted by molar-refractivity contribution is 7.99. The van der Waals surface area contributed by atoms with Crippen LogP contribution in [0.25, 0.3) is 0 Å². The summed E-state index contributed by atoms with van der Waals surface area (Å²) in [4.78, 5) is 1.22. The normalized spacial score (nSPS) is 19.9. The molecule has 1 aliphatic heterocycles. The SMILES string of the molecule is c1ccc(Sc2ccc([C@H]3CCCCN3)o2)cc1. The molecule has 2 aromatic rings. The minimum atomic E-state index is 0.406. The topological polar surface area (TPSA) is 25.2 Å². The van der Waals surface area contributed by atoms with Crippen molar-refractivity contribution in [3.63, 3.8) is 0 Å². The molecule has 0 amide bonds. The number of piperidine rings is 1. The Morgan fingerprint density at radius 3 is 2.72 bits per heavy atom. The van der Waals surface area contributed by atoms with Gasteiger partial charge < -0.3 is 9.73 Å². The van der Waals surface area contributed by atoms with E-state index in [1.165, 1.54) is 24.2 Å². The molecule has 3 heteroatoms. The molecule has 1 aliphatic rings. The zero-order valence-electron chi connectivity index (χ0n) is 10.3. The van der Waals surface area contributed by atoms with Gasteiger partial charge in [0.05, 0.1) is 6.04 Å². The predicted molar refractivity (Wildman–Crippen MR) is 73.9 cm³/mol. The highest BCUT2D eigenvalue weighted by Crippen LogP contribution is 2.32. The summed E-state index contributed by atoms with van der Waals surface area (Å²) < 4.78 is 5.93. The van der Waals surface area contributed by atoms with Gasteiger partial charge >= 0.3 is 0 Å². The summed E-state index contributed by atoms with van der Waals surface area (Å²) in [5.74, 6) is 1.08. The maximum Gasteiger partial charge on any atom is 0.165 e. The molecular formula is C15H17NOS. The number of rotatable bonds is 3. The van der Waals surface area contributed by atoms with Gasteiger partial charge in [-0.1, -0.05) is 36.4 Å². The molecule has 0 bridgehead atoms. The molecule has 0 spiro atoms. The van der Waals surface area contributed by atoms with Crippen molar-refractivity contribution in [1.82, 2.24) is 5.32 Å². The molecule has 1 aromatic carbocycles. The van der Waals surface area contributed by atoms with E-state index in [-0.39, 0.29) is 0 Å². The quantitative estimate of drug-likeness (QED) is 0.892. The number of furan rings is 1. The lowest BCUT2D eigenvalue weighted by Crippen LogP contribution is -2.26. The third-order valence-corrected chi connectivity index (χ3v) is 4.15. The van der Waals surface area contributed by atoms with Gasteiger partial charge in [0.1, 0.15) is 5.76 Å². The van der Waals surface area contributed by atoms with Crippen molar-refractivity contribution in [3.05, 3.63) is 48.2 Å². The molecule has 1 atom stereocenters. The van der Waals surface area contributed by atoms with Crippen molar-refractivity contribution in [3.8, 4) is 0 Å². The fraction of sp³-hybridized carbons (Fsp3) is 0.333. The van der Waals surface area contributed by atoms with Crippen LogP contribution >= 0.6 is 11.8 Å². The third-order valence-electron chi connectivity index (χ3n) is 3.22. The fourth-order valence-corrected chi connectivity index (χ4v) is 3.08. The molecule has 1 aromatic heterocycles. The highest BCUT2D eigenvalue weighted by Gasteiger charge is 2.18. The van der Waals surface area contributed by atoms with Crippen molar-refractivity contribution >= 4 is 11.8 Å². The molecule has 1 fully saturated rings. The lowest BCUT2D eigenvalue weighted by molar-refractivity contribution is 0.326. The van der Waals surface area contributed by atoms with Crippen LogP contribution in [0.5, 0.6) is 0 Å². The minimum absolute atomic E-state index is 0.406. The molecule has 2 nitrogen and oxygen atoms in total. The van der Waals surface area contributed by atoms with Gasteiger partial charge in [-0.2, -0.15) is 0 Å². The first-order valence-electron chi connectivity index (χ1n) is 6.48. The van der Waals surface area contributed by atoms with Gasteiger partial charge in [0.2, 0.25) is 0 Å². The summed E-state index contributed by atoms with van der Waals surface area (Å²) in [7, 11) is 0. The van der Waals surface area contributed by atoms with Crippen molar-refractivity contribution in [1.29, 1.82) is 0 Å². The van der Waals surface area contributed by atoms with E-state index in [9.17, 15) is 0 Å². The van der Waals surface area contributed by atoms with Gasteiger partial charge in [-0.15, -0.1) is 0 Å². The van der Waals surface area contributed by atoms with Gasteiger partial charge in [0, 0.05) is 4.90 Å². The van der Waals surface area contributed by atoms with Gasteiger partial charge in [-0.3, -0.25) is 0 Å². The zero-order chi connectivity index (χ0) is 12.2. The number of hydrogen-bond donors (Lipinski definition) is 1. The van der Waals surface area contributed by atoms with Crippen LogP contribution in [0.4, 0.5) is 0 Å². The van der Waals surface area contributed by atoms with Crippen LogP contribution < -0.4 is 5.32 Å². The van der Waals surface area contributed by atoms with Crippen molar-refractivity contribution in [2.75, 3.05) is 6.54 Å². The van der Waals surface area contributed by atoms with Crippen molar-refractivity contribution in [2.24, 2.45) is 0 Å². The van der Waals surface area contributed by atoms with Gasteiger partial charge in [0.15, 0.2) is 5.09 Å². The summed E-state index contributed by atoms with van der Waals surface area (Å²) in [6.07, 6.45) is 3.76. The van der Waals surface area contributed by atoms with E-state index >= 15 is 0 Å². The smallest absolute Gasteiger partial charge is 0.165 e. The monoisotopic (exact) mass is 259 g/mol. The summed E-state index contributed by atoms with van der Waals surface area (Å²) in [5, 5.41) is 4.49. The molecule has 3 rings (SSSR count). The van der Waals surface area contributed by atoms with Crippen molar-refractivity contribution < 1.29 is 4.42 Å². The highest BCUT2D eigenvalue weighted by atomic mass is 32.2. The molecule has 0 radical (unpaired) electrons. The molecule has 0 saturated carbocycles. The fourth-order valence-electron chi connectivity index (χ4n) is 2.28. The second kappa shape index (κ2) is 5.63. The Hall–Kier alpha value is -1.19. The van der Waals surface area contributed by atoms with Crippen LogP contribution in [0.1, 0.15) is 31.1 Å². The first-order chi connectivity index (χ1) is 8.92.